The van der Waals surface area contributed by atoms with E-state index < -0.39 is 0 Å². The SMILES string of the molecule is CC(=O)C(CCCC[NH3+])NC(=O)CCCC[C@@H]1SC[C@@H]2NC(=O)N[C@@H]21.[Cl-]. The number of unbranched alkanes of at least 4 members (excludes halogenated alkanes) is 2. The van der Waals surface area contributed by atoms with E-state index in [4.69, 9.17) is 0 Å². The number of ketones is 1. The molecule has 7 nitrogen and oxygen atoms in total. The first-order valence-corrected chi connectivity index (χ1v) is 10.3. The van der Waals surface area contributed by atoms with Gasteiger partial charge in [-0.25, -0.2) is 4.79 Å². The van der Waals surface area contributed by atoms with E-state index in [0.717, 1.165) is 44.4 Å². The third kappa shape index (κ3) is 6.96. The lowest BCUT2D eigenvalue weighted by atomic mass is 10.0. The van der Waals surface area contributed by atoms with Crippen molar-refractivity contribution in [2.24, 2.45) is 0 Å². The molecule has 0 aromatic carbocycles. The van der Waals surface area contributed by atoms with Crippen molar-refractivity contribution in [1.82, 2.24) is 16.0 Å². The van der Waals surface area contributed by atoms with Crippen LogP contribution >= 0.6 is 11.8 Å². The number of amides is 3. The Morgan fingerprint density at radius 2 is 2.04 bits per heavy atom. The van der Waals surface area contributed by atoms with Crippen molar-refractivity contribution in [2.75, 3.05) is 12.3 Å². The molecule has 0 aromatic rings. The van der Waals surface area contributed by atoms with Crippen molar-refractivity contribution in [1.29, 1.82) is 0 Å². The van der Waals surface area contributed by atoms with Gasteiger partial charge >= 0.3 is 6.03 Å². The van der Waals surface area contributed by atoms with Crippen LogP contribution in [-0.2, 0) is 9.59 Å². The van der Waals surface area contributed by atoms with Crippen LogP contribution in [-0.4, -0.2) is 53.4 Å². The Bertz CT molecular complexity index is 495. The highest BCUT2D eigenvalue weighted by molar-refractivity contribution is 8.00. The quantitative estimate of drug-likeness (QED) is 0.219. The monoisotopic (exact) mass is 406 g/mol. The molecule has 9 heteroatoms. The Balaban J connectivity index is 0.00000338. The number of Topliss-reactive ketones (excluding diaryl/α,β-unsaturated/α-hetero) is 1. The molecular weight excluding hydrogens is 376 g/mol. The van der Waals surface area contributed by atoms with Crippen LogP contribution in [0.15, 0.2) is 0 Å². The van der Waals surface area contributed by atoms with Gasteiger partial charge in [-0.15, -0.1) is 0 Å². The van der Waals surface area contributed by atoms with Gasteiger partial charge < -0.3 is 34.1 Å². The Morgan fingerprint density at radius 3 is 2.73 bits per heavy atom. The maximum atomic E-state index is 12.1. The number of hydrogen-bond acceptors (Lipinski definition) is 4. The highest BCUT2D eigenvalue weighted by Gasteiger charge is 2.42. The molecule has 2 aliphatic rings. The van der Waals surface area contributed by atoms with Crippen LogP contribution < -0.4 is 34.1 Å². The van der Waals surface area contributed by atoms with Gasteiger partial charge in [-0.3, -0.25) is 9.59 Å². The molecule has 3 amide bonds. The standard InChI is InChI=1S/C17H30N4O3S.ClH/c1-11(22)12(6-4-5-9-18)19-15(23)8-3-2-7-14-16-13(10-25-14)20-17(24)21-16;/h12-14,16H,2-10,18H2,1H3,(H,19,23)(H2,20,21,24);1H/t12?,13-,14-,16-;/m0./s1. The minimum Gasteiger partial charge on any atom is -1.00 e. The Labute approximate surface area is 165 Å². The molecule has 150 valence electrons. The number of quaternary nitrogens is 1. The van der Waals surface area contributed by atoms with Crippen LogP contribution in [0.3, 0.4) is 0 Å². The van der Waals surface area contributed by atoms with Crippen LogP contribution in [0.5, 0.6) is 0 Å². The molecule has 1 unspecified atom stereocenters. The maximum absolute atomic E-state index is 12.1. The van der Waals surface area contributed by atoms with Crippen molar-refractivity contribution in [3.8, 4) is 0 Å². The van der Waals surface area contributed by atoms with Gasteiger partial charge in [0.15, 0.2) is 5.78 Å². The molecule has 0 bridgehead atoms. The number of urea groups is 1. The van der Waals surface area contributed by atoms with E-state index in [0.29, 0.717) is 18.1 Å². The van der Waals surface area contributed by atoms with Crippen LogP contribution in [0, 0.1) is 0 Å². The number of rotatable bonds is 11. The van der Waals surface area contributed by atoms with Gasteiger partial charge in [-0.2, -0.15) is 11.8 Å². The summed E-state index contributed by atoms with van der Waals surface area (Å²) in [5, 5.41) is 9.22. The minimum atomic E-state index is -0.357. The highest BCUT2D eigenvalue weighted by atomic mass is 35.5. The summed E-state index contributed by atoms with van der Waals surface area (Å²) in [4.78, 5) is 35.1. The zero-order chi connectivity index (χ0) is 18.2. The molecule has 2 heterocycles. The molecule has 4 atom stereocenters. The topological polar surface area (TPSA) is 115 Å². The molecule has 2 saturated heterocycles. The molecule has 0 aliphatic carbocycles. The lowest BCUT2D eigenvalue weighted by molar-refractivity contribution is -0.368. The van der Waals surface area contributed by atoms with Gasteiger partial charge in [0.05, 0.1) is 24.7 Å². The zero-order valence-electron chi connectivity index (χ0n) is 15.4. The fourth-order valence-electron chi connectivity index (χ4n) is 3.44. The van der Waals surface area contributed by atoms with Gasteiger partial charge in [-0.1, -0.05) is 6.42 Å². The molecule has 0 aromatic heterocycles. The smallest absolute Gasteiger partial charge is 0.315 e. The van der Waals surface area contributed by atoms with E-state index >= 15 is 0 Å². The summed E-state index contributed by atoms with van der Waals surface area (Å²) in [5.41, 5.74) is 3.79. The second kappa shape index (κ2) is 11.7. The molecule has 2 aliphatic heterocycles. The first-order valence-electron chi connectivity index (χ1n) is 9.29. The predicted octanol–water partition coefficient (Wildman–Crippen LogP) is -2.80. The van der Waals surface area contributed by atoms with Crippen LogP contribution in [0.2, 0.25) is 0 Å². The Kier molecular flexibility index (Phi) is 10.3. The predicted molar refractivity (Wildman–Crippen MR) is 98.2 cm³/mol. The molecular formula is C17H31ClN4O3S. The van der Waals surface area contributed by atoms with Crippen LogP contribution in [0.4, 0.5) is 4.79 Å². The molecule has 0 spiro atoms. The van der Waals surface area contributed by atoms with Gasteiger partial charge in [-0.05, 0) is 39.0 Å². The third-order valence-electron chi connectivity index (χ3n) is 4.90. The van der Waals surface area contributed by atoms with E-state index in [1.807, 2.05) is 11.8 Å². The summed E-state index contributed by atoms with van der Waals surface area (Å²) < 4.78 is 0. The van der Waals surface area contributed by atoms with Gasteiger partial charge in [0.1, 0.15) is 0 Å². The number of carbonyl (C=O) groups is 3. The van der Waals surface area contributed by atoms with E-state index in [1.165, 1.54) is 6.92 Å². The van der Waals surface area contributed by atoms with Gasteiger partial charge in [0.2, 0.25) is 5.91 Å². The van der Waals surface area contributed by atoms with Crippen LogP contribution in [0.1, 0.15) is 51.9 Å². The number of nitrogens with one attached hydrogen (secondary N) is 3. The fourth-order valence-corrected chi connectivity index (χ4v) is 4.99. The fraction of sp³-hybridized carbons (Fsp3) is 0.824. The summed E-state index contributed by atoms with van der Waals surface area (Å²) >= 11 is 1.89. The lowest BCUT2D eigenvalue weighted by Crippen LogP contribution is -3.00. The van der Waals surface area contributed by atoms with E-state index in [-0.39, 0.29) is 48.3 Å². The second-order valence-electron chi connectivity index (χ2n) is 6.95. The zero-order valence-corrected chi connectivity index (χ0v) is 17.0. The Morgan fingerprint density at radius 1 is 1.27 bits per heavy atom. The summed E-state index contributed by atoms with van der Waals surface area (Å²) in [7, 11) is 0. The van der Waals surface area contributed by atoms with E-state index in [9.17, 15) is 14.4 Å². The number of hydrogen-bond donors (Lipinski definition) is 4. The Hall–Kier alpha value is -0.990. The first-order chi connectivity index (χ1) is 12.0. The molecule has 0 radical (unpaired) electrons. The number of fused-ring (bicyclic) bond motifs is 1. The van der Waals surface area contributed by atoms with E-state index in [2.05, 4.69) is 21.7 Å². The van der Waals surface area contributed by atoms with Crippen molar-refractivity contribution >= 4 is 29.5 Å². The lowest BCUT2D eigenvalue weighted by Gasteiger charge is -2.17. The summed E-state index contributed by atoms with van der Waals surface area (Å²) in [5.74, 6) is 0.945. The third-order valence-corrected chi connectivity index (χ3v) is 6.41. The normalized spacial score (nSPS) is 24.8. The molecule has 6 N–H and O–H groups in total. The minimum absolute atomic E-state index is 0. The molecule has 26 heavy (non-hydrogen) atoms. The highest BCUT2D eigenvalue weighted by Crippen LogP contribution is 2.33. The van der Waals surface area contributed by atoms with Crippen molar-refractivity contribution in [3.63, 3.8) is 0 Å². The van der Waals surface area contributed by atoms with Crippen molar-refractivity contribution in [2.45, 2.75) is 75.2 Å². The van der Waals surface area contributed by atoms with Gasteiger partial charge in [0.25, 0.3) is 0 Å². The largest absolute Gasteiger partial charge is 1.00 e. The average molecular weight is 407 g/mol. The molecule has 0 saturated carbocycles. The summed E-state index contributed by atoms with van der Waals surface area (Å²) in [6.07, 6.45) is 5.81. The number of carbonyl (C=O) groups excluding carboxylic acids is 3. The van der Waals surface area contributed by atoms with Gasteiger partial charge in [0, 0.05) is 17.4 Å². The second-order valence-corrected chi connectivity index (χ2v) is 8.22. The molecule has 2 fully saturated rings. The molecule has 2 rings (SSSR count). The number of halogens is 1. The van der Waals surface area contributed by atoms with Crippen molar-refractivity contribution < 1.29 is 32.5 Å². The van der Waals surface area contributed by atoms with Crippen molar-refractivity contribution in [3.05, 3.63) is 0 Å². The summed E-state index contributed by atoms with van der Waals surface area (Å²) in [6.45, 7) is 2.39. The van der Waals surface area contributed by atoms with Crippen LogP contribution in [0.25, 0.3) is 0 Å². The first kappa shape index (κ1) is 23.0. The van der Waals surface area contributed by atoms with E-state index in [1.54, 1.807) is 0 Å². The summed E-state index contributed by atoms with van der Waals surface area (Å²) in [6, 6.07) is 0.0562. The number of thioether (sulfide) groups is 1. The maximum Gasteiger partial charge on any atom is 0.315 e. The average Bonchev–Trinajstić information content (AvgIpc) is 3.10.